The van der Waals surface area contributed by atoms with E-state index in [4.69, 9.17) is 15.3 Å². The van der Waals surface area contributed by atoms with Crippen molar-refractivity contribution < 1.29 is 14.3 Å². The monoisotopic (exact) mass is 375 g/mol. The zero-order chi connectivity index (χ0) is 17.2. The lowest BCUT2D eigenvalue weighted by Crippen LogP contribution is -2.16. The molecular weight excluding hydrogens is 362 g/mol. The van der Waals surface area contributed by atoms with E-state index in [9.17, 15) is 4.79 Å². The summed E-state index contributed by atoms with van der Waals surface area (Å²) in [5.41, 5.74) is 0.642. The van der Waals surface area contributed by atoms with E-state index in [0.29, 0.717) is 28.2 Å². The predicted octanol–water partition coefficient (Wildman–Crippen LogP) is 2.18. The first-order valence-electron chi connectivity index (χ1n) is 7.27. The molecule has 1 aromatic carbocycles. The average Bonchev–Trinajstić information content (AvgIpc) is 3.33. The van der Waals surface area contributed by atoms with Crippen LogP contribution in [0.5, 0.6) is 11.5 Å². The third-order valence-corrected chi connectivity index (χ3v) is 5.20. The molecule has 0 fully saturated rings. The molecule has 0 bridgehead atoms. The molecule has 2 aromatic heterocycles. The molecule has 1 aliphatic heterocycles. The highest BCUT2D eigenvalue weighted by Crippen LogP contribution is 2.34. The first-order chi connectivity index (χ1) is 12.2. The molecule has 128 valence electrons. The summed E-state index contributed by atoms with van der Waals surface area (Å²) >= 11 is 2.74. The quantitative estimate of drug-likeness (QED) is 0.520. The fourth-order valence-electron chi connectivity index (χ4n) is 2.25. The van der Waals surface area contributed by atoms with Crippen LogP contribution in [-0.2, 0) is 4.79 Å². The Kier molecular flexibility index (Phi) is 4.20. The molecule has 0 spiro atoms. The maximum absolute atomic E-state index is 12.1. The predicted molar refractivity (Wildman–Crippen MR) is 95.4 cm³/mol. The van der Waals surface area contributed by atoms with E-state index in [-0.39, 0.29) is 18.5 Å². The minimum absolute atomic E-state index is 0.161. The second-order valence-corrected chi connectivity index (χ2v) is 6.95. The number of amides is 1. The Bertz CT molecular complexity index is 910. The Labute approximate surface area is 150 Å². The van der Waals surface area contributed by atoms with E-state index < -0.39 is 0 Å². The van der Waals surface area contributed by atoms with Gasteiger partial charge < -0.3 is 20.6 Å². The molecule has 0 atom stereocenters. The van der Waals surface area contributed by atoms with Gasteiger partial charge in [-0.15, -0.1) is 21.5 Å². The van der Waals surface area contributed by atoms with Crippen molar-refractivity contribution in [1.29, 1.82) is 0 Å². The van der Waals surface area contributed by atoms with E-state index in [2.05, 4.69) is 15.5 Å². The highest BCUT2D eigenvalue weighted by molar-refractivity contribution is 7.99. The number of carbonyl (C=O) groups is 1. The zero-order valence-electron chi connectivity index (χ0n) is 12.8. The van der Waals surface area contributed by atoms with Gasteiger partial charge in [0.15, 0.2) is 17.3 Å². The summed E-state index contributed by atoms with van der Waals surface area (Å²) in [4.78, 5) is 13.1. The van der Waals surface area contributed by atoms with Crippen LogP contribution in [0.4, 0.5) is 5.69 Å². The first-order valence-corrected chi connectivity index (χ1v) is 9.14. The normalized spacial score (nSPS) is 12.3. The van der Waals surface area contributed by atoms with Crippen LogP contribution < -0.4 is 20.6 Å². The topological polar surface area (TPSA) is 104 Å². The van der Waals surface area contributed by atoms with Gasteiger partial charge in [-0.1, -0.05) is 17.8 Å². The van der Waals surface area contributed by atoms with Crippen LogP contribution >= 0.6 is 23.1 Å². The van der Waals surface area contributed by atoms with Crippen LogP contribution in [0.1, 0.15) is 0 Å². The van der Waals surface area contributed by atoms with Crippen LogP contribution in [0.15, 0.2) is 40.9 Å². The van der Waals surface area contributed by atoms with E-state index in [1.807, 2.05) is 17.5 Å². The van der Waals surface area contributed by atoms with Gasteiger partial charge in [0.1, 0.15) is 0 Å². The van der Waals surface area contributed by atoms with Crippen LogP contribution in [-0.4, -0.2) is 33.3 Å². The molecule has 3 aromatic rings. The molecular formula is C15H13N5O3S2. The van der Waals surface area contributed by atoms with E-state index in [1.165, 1.54) is 27.8 Å². The van der Waals surface area contributed by atoms with Gasteiger partial charge in [0.25, 0.3) is 0 Å². The second kappa shape index (κ2) is 6.65. The number of nitrogens with zero attached hydrogens (tertiary/aromatic N) is 3. The van der Waals surface area contributed by atoms with Crippen molar-refractivity contribution in [3.63, 3.8) is 0 Å². The van der Waals surface area contributed by atoms with Crippen LogP contribution in [0.25, 0.3) is 10.7 Å². The van der Waals surface area contributed by atoms with Gasteiger partial charge in [-0.25, -0.2) is 4.68 Å². The molecule has 8 nitrogen and oxygen atoms in total. The minimum atomic E-state index is -0.176. The number of carbonyl (C=O) groups excluding carboxylic acids is 1. The number of thiophene rings is 1. The van der Waals surface area contributed by atoms with E-state index in [1.54, 1.807) is 18.2 Å². The van der Waals surface area contributed by atoms with Gasteiger partial charge in [-0.2, -0.15) is 0 Å². The SMILES string of the molecule is Nn1c(SCC(=O)Nc2ccc3c(c2)OCO3)nnc1-c1cccs1. The molecule has 3 N–H and O–H groups in total. The van der Waals surface area contributed by atoms with Gasteiger partial charge in [0.05, 0.1) is 10.6 Å². The van der Waals surface area contributed by atoms with E-state index in [0.717, 1.165) is 4.88 Å². The maximum Gasteiger partial charge on any atom is 0.234 e. The van der Waals surface area contributed by atoms with Gasteiger partial charge >= 0.3 is 0 Å². The molecule has 25 heavy (non-hydrogen) atoms. The van der Waals surface area contributed by atoms with Crippen molar-refractivity contribution in [2.45, 2.75) is 5.16 Å². The van der Waals surface area contributed by atoms with Crippen molar-refractivity contribution in [1.82, 2.24) is 14.9 Å². The van der Waals surface area contributed by atoms with Gasteiger partial charge in [-0.05, 0) is 23.6 Å². The summed E-state index contributed by atoms with van der Waals surface area (Å²) in [6.07, 6.45) is 0. The second-order valence-electron chi connectivity index (χ2n) is 5.06. The smallest absolute Gasteiger partial charge is 0.234 e. The van der Waals surface area contributed by atoms with Crippen LogP contribution in [0.2, 0.25) is 0 Å². The number of thioether (sulfide) groups is 1. The van der Waals surface area contributed by atoms with Crippen molar-refractivity contribution in [3.8, 4) is 22.2 Å². The number of benzene rings is 1. The Balaban J connectivity index is 1.38. The lowest BCUT2D eigenvalue weighted by atomic mass is 10.3. The Morgan fingerprint density at radius 2 is 2.20 bits per heavy atom. The van der Waals surface area contributed by atoms with Gasteiger partial charge in [0, 0.05) is 11.8 Å². The Hall–Kier alpha value is -2.72. The molecule has 0 unspecified atom stereocenters. The van der Waals surface area contributed by atoms with Crippen molar-refractivity contribution >= 4 is 34.7 Å². The number of fused-ring (bicyclic) bond motifs is 1. The molecule has 1 amide bonds. The summed E-state index contributed by atoms with van der Waals surface area (Å²) in [5.74, 6) is 7.86. The first kappa shape index (κ1) is 15.8. The molecule has 0 saturated carbocycles. The third kappa shape index (κ3) is 3.26. The number of hydrogen-bond acceptors (Lipinski definition) is 8. The summed E-state index contributed by atoms with van der Waals surface area (Å²) in [6, 6.07) is 9.08. The molecule has 10 heteroatoms. The molecule has 3 heterocycles. The number of ether oxygens (including phenoxy) is 2. The molecule has 0 aliphatic carbocycles. The minimum Gasteiger partial charge on any atom is -0.454 e. The molecule has 0 saturated heterocycles. The van der Waals surface area contributed by atoms with Crippen LogP contribution in [0.3, 0.4) is 0 Å². The number of nitrogens with two attached hydrogens (primary N) is 1. The van der Waals surface area contributed by atoms with Gasteiger partial charge in [-0.3, -0.25) is 4.79 Å². The average molecular weight is 375 g/mol. The number of nitrogen functional groups attached to an aromatic ring is 1. The Morgan fingerprint density at radius 3 is 3.04 bits per heavy atom. The maximum atomic E-state index is 12.1. The summed E-state index contributed by atoms with van der Waals surface area (Å²) < 4.78 is 11.9. The van der Waals surface area contributed by atoms with Crippen molar-refractivity contribution in [2.75, 3.05) is 23.7 Å². The fraction of sp³-hybridized carbons (Fsp3) is 0.133. The van der Waals surface area contributed by atoms with E-state index >= 15 is 0 Å². The lowest BCUT2D eigenvalue weighted by molar-refractivity contribution is -0.113. The largest absolute Gasteiger partial charge is 0.454 e. The lowest BCUT2D eigenvalue weighted by Gasteiger charge is -2.06. The molecule has 4 rings (SSSR count). The highest BCUT2D eigenvalue weighted by Gasteiger charge is 2.16. The number of anilines is 1. The molecule has 1 aliphatic rings. The van der Waals surface area contributed by atoms with Gasteiger partial charge in [0.2, 0.25) is 17.9 Å². The highest BCUT2D eigenvalue weighted by atomic mass is 32.2. The van der Waals surface area contributed by atoms with Crippen LogP contribution in [0, 0.1) is 0 Å². The summed E-state index contributed by atoms with van der Waals surface area (Å²) in [7, 11) is 0. The van der Waals surface area contributed by atoms with Crippen molar-refractivity contribution in [2.24, 2.45) is 0 Å². The summed E-state index contributed by atoms with van der Waals surface area (Å²) in [6.45, 7) is 0.196. The standard InChI is InChI=1S/C15H13N5O3S2/c16-20-14(12-2-1-5-24-12)18-19-15(20)25-7-13(21)17-9-3-4-10-11(6-9)23-8-22-10/h1-6H,7-8,16H2,(H,17,21). The fourth-order valence-corrected chi connectivity index (χ4v) is 3.61. The molecule has 0 radical (unpaired) electrons. The van der Waals surface area contributed by atoms with Crippen molar-refractivity contribution in [3.05, 3.63) is 35.7 Å². The third-order valence-electron chi connectivity index (χ3n) is 3.39. The number of aromatic nitrogens is 3. The number of hydrogen-bond donors (Lipinski definition) is 2. The number of nitrogens with one attached hydrogen (secondary N) is 1. The summed E-state index contributed by atoms with van der Waals surface area (Å²) in [5, 5.41) is 13.3. The Morgan fingerprint density at radius 1 is 1.32 bits per heavy atom. The number of rotatable bonds is 5. The zero-order valence-corrected chi connectivity index (χ0v) is 14.5.